The summed E-state index contributed by atoms with van der Waals surface area (Å²) < 4.78 is 11.7. The Balaban J connectivity index is 1.81. The quantitative estimate of drug-likeness (QED) is 0.595. The fourth-order valence-corrected chi connectivity index (χ4v) is 3.50. The molecule has 0 radical (unpaired) electrons. The second kappa shape index (κ2) is 7.89. The van der Waals surface area contributed by atoms with Gasteiger partial charge in [-0.25, -0.2) is 0 Å². The van der Waals surface area contributed by atoms with Crippen molar-refractivity contribution in [3.05, 3.63) is 70.2 Å². The third-order valence-electron chi connectivity index (χ3n) is 4.44. The number of benzene rings is 3. The molecule has 0 unspecified atom stereocenters. The van der Waals surface area contributed by atoms with Crippen molar-refractivity contribution in [2.24, 2.45) is 0 Å². The largest absolute Gasteiger partial charge is 0.493 e. The molecule has 3 nitrogen and oxygen atoms in total. The average molecular weight is 400 g/mol. The van der Waals surface area contributed by atoms with Crippen LogP contribution in [0.4, 0.5) is 0 Å². The van der Waals surface area contributed by atoms with E-state index in [1.165, 1.54) is 16.3 Å². The molecule has 0 saturated heterocycles. The number of hydrogen-bond acceptors (Lipinski definition) is 3. The van der Waals surface area contributed by atoms with Crippen LogP contribution in [0.1, 0.15) is 24.1 Å². The van der Waals surface area contributed by atoms with Gasteiger partial charge < -0.3 is 14.8 Å². The number of rotatable bonds is 6. The van der Waals surface area contributed by atoms with E-state index in [0.717, 1.165) is 28.1 Å². The molecule has 25 heavy (non-hydrogen) atoms. The monoisotopic (exact) mass is 399 g/mol. The molecule has 0 spiro atoms. The van der Waals surface area contributed by atoms with Gasteiger partial charge in [-0.15, -0.1) is 0 Å². The van der Waals surface area contributed by atoms with E-state index in [1.807, 2.05) is 12.1 Å². The first-order chi connectivity index (χ1) is 12.1. The summed E-state index contributed by atoms with van der Waals surface area (Å²) in [4.78, 5) is 0. The molecule has 0 amide bonds. The van der Waals surface area contributed by atoms with Crippen LogP contribution in [-0.4, -0.2) is 14.2 Å². The fraction of sp³-hybridized carbons (Fsp3) is 0.238. The van der Waals surface area contributed by atoms with Gasteiger partial charge in [0.15, 0.2) is 11.5 Å². The summed E-state index contributed by atoms with van der Waals surface area (Å²) in [5, 5.41) is 6.16. The highest BCUT2D eigenvalue weighted by Crippen LogP contribution is 2.33. The predicted octanol–water partition coefficient (Wildman–Crippen LogP) is 5.47. The van der Waals surface area contributed by atoms with Gasteiger partial charge in [-0.05, 0) is 41.0 Å². The van der Waals surface area contributed by atoms with Crippen LogP contribution < -0.4 is 14.8 Å². The molecule has 0 saturated carbocycles. The SMILES string of the molecule is COc1cc(Br)c(CN[C@@H](C)c2cccc3ccccc23)cc1OC. The van der Waals surface area contributed by atoms with E-state index in [0.29, 0.717) is 0 Å². The van der Waals surface area contributed by atoms with Crippen LogP contribution in [0.25, 0.3) is 10.8 Å². The molecule has 0 aliphatic carbocycles. The van der Waals surface area contributed by atoms with Crippen LogP contribution in [0.2, 0.25) is 0 Å². The van der Waals surface area contributed by atoms with Crippen LogP contribution in [-0.2, 0) is 6.54 Å². The second-order valence-corrected chi connectivity index (χ2v) is 6.82. The van der Waals surface area contributed by atoms with Crippen molar-refractivity contribution >= 4 is 26.7 Å². The van der Waals surface area contributed by atoms with Gasteiger partial charge in [0.2, 0.25) is 0 Å². The Morgan fingerprint density at radius 2 is 1.64 bits per heavy atom. The normalized spacial score (nSPS) is 12.2. The van der Waals surface area contributed by atoms with Crippen molar-refractivity contribution in [2.75, 3.05) is 14.2 Å². The zero-order valence-corrected chi connectivity index (χ0v) is 16.3. The van der Waals surface area contributed by atoms with E-state index >= 15 is 0 Å². The Morgan fingerprint density at radius 3 is 2.40 bits per heavy atom. The lowest BCUT2D eigenvalue weighted by Gasteiger charge is -2.18. The molecule has 1 atom stereocenters. The summed E-state index contributed by atoms with van der Waals surface area (Å²) in [7, 11) is 3.30. The second-order valence-electron chi connectivity index (χ2n) is 5.97. The molecule has 0 aliphatic rings. The number of ether oxygens (including phenoxy) is 2. The van der Waals surface area contributed by atoms with Crippen molar-refractivity contribution in [1.82, 2.24) is 5.32 Å². The van der Waals surface area contributed by atoms with Crippen LogP contribution in [0.5, 0.6) is 11.5 Å². The van der Waals surface area contributed by atoms with E-state index in [9.17, 15) is 0 Å². The van der Waals surface area contributed by atoms with Crippen molar-refractivity contribution in [3.8, 4) is 11.5 Å². The first kappa shape index (κ1) is 17.8. The van der Waals surface area contributed by atoms with Crippen LogP contribution in [0.3, 0.4) is 0 Å². The first-order valence-corrected chi connectivity index (χ1v) is 9.04. The Hall–Kier alpha value is -2.04. The zero-order chi connectivity index (χ0) is 17.8. The van der Waals surface area contributed by atoms with Gasteiger partial charge in [0.25, 0.3) is 0 Å². The van der Waals surface area contributed by atoms with Crippen molar-refractivity contribution in [1.29, 1.82) is 0 Å². The maximum atomic E-state index is 5.41. The van der Waals surface area contributed by atoms with Crippen molar-refractivity contribution in [3.63, 3.8) is 0 Å². The number of fused-ring (bicyclic) bond motifs is 1. The van der Waals surface area contributed by atoms with Crippen LogP contribution >= 0.6 is 15.9 Å². The van der Waals surface area contributed by atoms with Gasteiger partial charge in [0.05, 0.1) is 14.2 Å². The average Bonchev–Trinajstić information content (AvgIpc) is 2.66. The van der Waals surface area contributed by atoms with Gasteiger partial charge in [-0.3, -0.25) is 0 Å². The van der Waals surface area contributed by atoms with Crippen LogP contribution in [0.15, 0.2) is 59.1 Å². The van der Waals surface area contributed by atoms with E-state index in [4.69, 9.17) is 9.47 Å². The molecular weight excluding hydrogens is 378 g/mol. The minimum absolute atomic E-state index is 0.228. The molecule has 4 heteroatoms. The lowest BCUT2D eigenvalue weighted by Crippen LogP contribution is -2.18. The van der Waals surface area contributed by atoms with E-state index in [2.05, 4.69) is 70.6 Å². The maximum Gasteiger partial charge on any atom is 0.161 e. The highest BCUT2D eigenvalue weighted by Gasteiger charge is 2.12. The number of hydrogen-bond donors (Lipinski definition) is 1. The summed E-state index contributed by atoms with van der Waals surface area (Å²) in [6.45, 7) is 2.92. The minimum atomic E-state index is 0.228. The Kier molecular flexibility index (Phi) is 5.61. The topological polar surface area (TPSA) is 30.5 Å². The number of halogens is 1. The molecule has 3 rings (SSSR count). The predicted molar refractivity (Wildman–Crippen MR) is 106 cm³/mol. The zero-order valence-electron chi connectivity index (χ0n) is 14.7. The molecule has 0 heterocycles. The van der Waals surface area contributed by atoms with Gasteiger partial charge in [-0.2, -0.15) is 0 Å². The van der Waals surface area contributed by atoms with E-state index in [-0.39, 0.29) is 6.04 Å². The molecule has 1 N–H and O–H groups in total. The van der Waals surface area contributed by atoms with Gasteiger partial charge in [-0.1, -0.05) is 58.4 Å². The third-order valence-corrected chi connectivity index (χ3v) is 5.18. The Labute approximate surface area is 157 Å². The maximum absolute atomic E-state index is 5.41. The standard InChI is InChI=1S/C21H22BrNO2/c1-14(17-10-6-8-15-7-4-5-9-18(15)17)23-13-16-11-20(24-2)21(25-3)12-19(16)22/h4-12,14,23H,13H2,1-3H3/t14-/m0/s1. The summed E-state index contributed by atoms with van der Waals surface area (Å²) in [5.74, 6) is 1.46. The smallest absolute Gasteiger partial charge is 0.161 e. The molecular formula is C21H22BrNO2. The minimum Gasteiger partial charge on any atom is -0.493 e. The Bertz CT molecular complexity index is 874. The molecule has 130 valence electrons. The van der Waals surface area contributed by atoms with Gasteiger partial charge >= 0.3 is 0 Å². The molecule has 0 aromatic heterocycles. The van der Waals surface area contributed by atoms with E-state index in [1.54, 1.807) is 14.2 Å². The summed E-state index contributed by atoms with van der Waals surface area (Å²) in [5.41, 5.74) is 2.43. The summed E-state index contributed by atoms with van der Waals surface area (Å²) >= 11 is 3.62. The van der Waals surface area contributed by atoms with Crippen molar-refractivity contribution < 1.29 is 9.47 Å². The molecule has 3 aromatic carbocycles. The van der Waals surface area contributed by atoms with Crippen LogP contribution in [0, 0.1) is 0 Å². The highest BCUT2D eigenvalue weighted by molar-refractivity contribution is 9.10. The lowest BCUT2D eigenvalue weighted by atomic mass is 9.99. The molecule has 0 fully saturated rings. The molecule has 3 aromatic rings. The van der Waals surface area contributed by atoms with Crippen molar-refractivity contribution in [2.45, 2.75) is 19.5 Å². The molecule has 0 bridgehead atoms. The first-order valence-electron chi connectivity index (χ1n) is 8.25. The summed E-state index contributed by atoms with van der Waals surface area (Å²) in [6.07, 6.45) is 0. The molecule has 0 aliphatic heterocycles. The number of methoxy groups -OCH3 is 2. The summed E-state index contributed by atoms with van der Waals surface area (Å²) in [6, 6.07) is 19.1. The van der Waals surface area contributed by atoms with Gasteiger partial charge in [0, 0.05) is 17.1 Å². The van der Waals surface area contributed by atoms with Gasteiger partial charge in [0.1, 0.15) is 0 Å². The lowest BCUT2D eigenvalue weighted by molar-refractivity contribution is 0.354. The number of nitrogens with one attached hydrogen (secondary N) is 1. The fourth-order valence-electron chi connectivity index (χ4n) is 3.03. The third kappa shape index (κ3) is 3.80. The Morgan fingerprint density at radius 1 is 0.960 bits per heavy atom. The van der Waals surface area contributed by atoms with E-state index < -0.39 is 0 Å². The highest BCUT2D eigenvalue weighted by atomic mass is 79.9.